The zero-order chi connectivity index (χ0) is 13.5. The van der Waals surface area contributed by atoms with E-state index in [0.29, 0.717) is 10.7 Å². The van der Waals surface area contributed by atoms with Gasteiger partial charge in [0, 0.05) is 23.7 Å². The summed E-state index contributed by atoms with van der Waals surface area (Å²) in [6.07, 6.45) is -0.0786. The van der Waals surface area contributed by atoms with Gasteiger partial charge in [0.1, 0.15) is 5.25 Å². The lowest BCUT2D eigenvalue weighted by Crippen LogP contribution is -2.32. The second-order valence-corrected chi connectivity index (χ2v) is 6.63. The number of nitrogens with zero attached hydrogens (tertiary/aromatic N) is 1. The van der Waals surface area contributed by atoms with Crippen molar-refractivity contribution in [3.05, 3.63) is 28.8 Å². The second kappa shape index (κ2) is 4.53. The van der Waals surface area contributed by atoms with Crippen LogP contribution >= 0.6 is 11.6 Å². The molecule has 18 heavy (non-hydrogen) atoms. The van der Waals surface area contributed by atoms with Gasteiger partial charge in [-0.2, -0.15) is 0 Å². The third-order valence-electron chi connectivity index (χ3n) is 3.02. The molecule has 2 rings (SSSR count). The van der Waals surface area contributed by atoms with Gasteiger partial charge in [-0.1, -0.05) is 17.7 Å². The Labute approximate surface area is 111 Å². The molecule has 5 nitrogen and oxygen atoms in total. The van der Waals surface area contributed by atoms with Gasteiger partial charge in [0.2, 0.25) is 15.9 Å². The standard InChI is InChI=1S/C11H13ClN2O3S/c1-7-2-3-8(12)4-10(7)14-6-9(5-11(14)15)18(13,16)17/h2-4,9H,5-6H2,1H3,(H2,13,16,17). The van der Waals surface area contributed by atoms with Crippen molar-refractivity contribution in [1.29, 1.82) is 0 Å². The molecule has 1 fully saturated rings. The first-order valence-electron chi connectivity index (χ1n) is 5.37. The van der Waals surface area contributed by atoms with Crippen LogP contribution in [0.5, 0.6) is 0 Å². The van der Waals surface area contributed by atoms with Crippen LogP contribution in [0, 0.1) is 6.92 Å². The molecule has 0 aromatic heterocycles. The summed E-state index contributed by atoms with van der Waals surface area (Å²) in [5, 5.41) is 4.74. The van der Waals surface area contributed by atoms with Crippen LogP contribution < -0.4 is 10.0 Å². The number of aryl methyl sites for hydroxylation is 1. The number of hydrogen-bond acceptors (Lipinski definition) is 3. The van der Waals surface area contributed by atoms with Crippen LogP contribution in [0.3, 0.4) is 0 Å². The summed E-state index contributed by atoms with van der Waals surface area (Å²) in [6, 6.07) is 5.16. The van der Waals surface area contributed by atoms with Crippen LogP contribution in [0.1, 0.15) is 12.0 Å². The largest absolute Gasteiger partial charge is 0.311 e. The Morgan fingerprint density at radius 3 is 2.67 bits per heavy atom. The molecular weight excluding hydrogens is 276 g/mol. The zero-order valence-corrected chi connectivity index (χ0v) is 11.3. The van der Waals surface area contributed by atoms with E-state index in [9.17, 15) is 13.2 Å². The molecule has 1 aliphatic heterocycles. The fraction of sp³-hybridized carbons (Fsp3) is 0.364. The maximum atomic E-state index is 11.9. The normalized spacial score (nSPS) is 20.5. The average molecular weight is 289 g/mol. The molecule has 1 atom stereocenters. The highest BCUT2D eigenvalue weighted by Crippen LogP contribution is 2.29. The number of halogens is 1. The Kier molecular flexibility index (Phi) is 3.35. The van der Waals surface area contributed by atoms with Crippen molar-refractivity contribution in [2.45, 2.75) is 18.6 Å². The first-order chi connectivity index (χ1) is 8.29. The number of anilines is 1. The van der Waals surface area contributed by atoms with E-state index in [2.05, 4.69) is 0 Å². The molecule has 7 heteroatoms. The van der Waals surface area contributed by atoms with E-state index in [1.165, 1.54) is 4.90 Å². The highest BCUT2D eigenvalue weighted by atomic mass is 35.5. The SMILES string of the molecule is Cc1ccc(Cl)cc1N1CC(S(N)(=O)=O)CC1=O. The van der Waals surface area contributed by atoms with Crippen molar-refractivity contribution in [2.24, 2.45) is 5.14 Å². The summed E-state index contributed by atoms with van der Waals surface area (Å²) in [5.41, 5.74) is 1.50. The number of primary sulfonamides is 1. The molecule has 0 bridgehead atoms. The summed E-state index contributed by atoms with van der Waals surface area (Å²) in [7, 11) is -3.69. The van der Waals surface area contributed by atoms with E-state index >= 15 is 0 Å². The van der Waals surface area contributed by atoms with E-state index in [4.69, 9.17) is 16.7 Å². The van der Waals surface area contributed by atoms with Crippen LogP contribution in [0.2, 0.25) is 5.02 Å². The third-order valence-corrected chi connectivity index (χ3v) is 4.50. The molecular formula is C11H13ClN2O3S. The topological polar surface area (TPSA) is 80.5 Å². The van der Waals surface area contributed by atoms with Crippen LogP contribution in [0.25, 0.3) is 0 Å². The van der Waals surface area contributed by atoms with Gasteiger partial charge in [-0.15, -0.1) is 0 Å². The molecule has 1 heterocycles. The number of rotatable bonds is 2. The number of amides is 1. The van der Waals surface area contributed by atoms with E-state index < -0.39 is 15.3 Å². The van der Waals surface area contributed by atoms with Gasteiger partial charge < -0.3 is 4.90 Å². The minimum Gasteiger partial charge on any atom is -0.311 e. The fourth-order valence-corrected chi connectivity index (χ4v) is 2.90. The molecule has 2 N–H and O–H groups in total. The lowest BCUT2D eigenvalue weighted by molar-refractivity contribution is -0.117. The van der Waals surface area contributed by atoms with E-state index in [0.717, 1.165) is 5.56 Å². The Balaban J connectivity index is 2.35. The summed E-state index contributed by atoms with van der Waals surface area (Å²) in [6.45, 7) is 1.92. The van der Waals surface area contributed by atoms with Gasteiger partial charge in [-0.05, 0) is 24.6 Å². The predicted molar refractivity (Wildman–Crippen MR) is 70.1 cm³/mol. The van der Waals surface area contributed by atoms with E-state index in [1.807, 2.05) is 6.92 Å². The summed E-state index contributed by atoms with van der Waals surface area (Å²) < 4.78 is 22.6. The number of hydrogen-bond donors (Lipinski definition) is 1. The van der Waals surface area contributed by atoms with Crippen molar-refractivity contribution in [3.63, 3.8) is 0 Å². The molecule has 0 radical (unpaired) electrons. The minimum atomic E-state index is -3.69. The van der Waals surface area contributed by atoms with Crippen molar-refractivity contribution in [2.75, 3.05) is 11.4 Å². The number of carbonyl (C=O) groups is 1. The fourth-order valence-electron chi connectivity index (χ4n) is 2.00. The predicted octanol–water partition coefficient (Wildman–Crippen LogP) is 1.04. The lowest BCUT2D eigenvalue weighted by Gasteiger charge is -2.19. The summed E-state index contributed by atoms with van der Waals surface area (Å²) in [5.74, 6) is -0.251. The molecule has 0 aliphatic carbocycles. The smallest absolute Gasteiger partial charge is 0.228 e. The molecule has 1 unspecified atom stereocenters. The monoisotopic (exact) mass is 288 g/mol. The van der Waals surface area contributed by atoms with Gasteiger partial charge in [-0.3, -0.25) is 4.79 Å². The third kappa shape index (κ3) is 2.50. The number of carbonyl (C=O) groups excluding carboxylic acids is 1. The van der Waals surface area contributed by atoms with E-state index in [1.54, 1.807) is 18.2 Å². The summed E-state index contributed by atoms with van der Waals surface area (Å²) in [4.78, 5) is 13.3. The maximum Gasteiger partial charge on any atom is 0.228 e. The van der Waals surface area contributed by atoms with Crippen molar-refractivity contribution in [3.8, 4) is 0 Å². The molecule has 1 saturated heterocycles. The molecule has 1 aromatic carbocycles. The number of sulfonamides is 1. The minimum absolute atomic E-state index is 0.0786. The van der Waals surface area contributed by atoms with Crippen LogP contribution in [-0.4, -0.2) is 26.1 Å². The number of benzene rings is 1. The number of nitrogens with two attached hydrogens (primary N) is 1. The highest BCUT2D eigenvalue weighted by Gasteiger charge is 2.37. The highest BCUT2D eigenvalue weighted by molar-refractivity contribution is 7.89. The van der Waals surface area contributed by atoms with Crippen LogP contribution in [0.15, 0.2) is 18.2 Å². The molecule has 1 aliphatic rings. The Bertz CT molecular complexity index is 600. The maximum absolute atomic E-state index is 11.9. The summed E-state index contributed by atoms with van der Waals surface area (Å²) >= 11 is 5.89. The van der Waals surface area contributed by atoms with Gasteiger partial charge in [0.15, 0.2) is 0 Å². The Morgan fingerprint density at radius 2 is 2.11 bits per heavy atom. The van der Waals surface area contributed by atoms with Gasteiger partial charge >= 0.3 is 0 Å². The van der Waals surface area contributed by atoms with E-state index in [-0.39, 0.29) is 18.9 Å². The van der Waals surface area contributed by atoms with Crippen LogP contribution in [-0.2, 0) is 14.8 Å². The lowest BCUT2D eigenvalue weighted by atomic mass is 10.2. The molecule has 98 valence electrons. The second-order valence-electron chi connectivity index (χ2n) is 4.35. The zero-order valence-electron chi connectivity index (χ0n) is 9.76. The Hall–Kier alpha value is -1.11. The molecule has 0 spiro atoms. The van der Waals surface area contributed by atoms with Gasteiger partial charge in [-0.25, -0.2) is 13.6 Å². The van der Waals surface area contributed by atoms with Gasteiger partial charge in [0.05, 0.1) is 0 Å². The Morgan fingerprint density at radius 1 is 1.44 bits per heavy atom. The van der Waals surface area contributed by atoms with Crippen molar-refractivity contribution < 1.29 is 13.2 Å². The van der Waals surface area contributed by atoms with Crippen molar-refractivity contribution >= 4 is 33.2 Å². The van der Waals surface area contributed by atoms with Crippen molar-refractivity contribution in [1.82, 2.24) is 0 Å². The molecule has 1 aromatic rings. The molecule has 1 amide bonds. The quantitative estimate of drug-likeness (QED) is 0.883. The molecule has 0 saturated carbocycles. The van der Waals surface area contributed by atoms with Crippen LogP contribution in [0.4, 0.5) is 5.69 Å². The first kappa shape index (κ1) is 13.3. The first-order valence-corrected chi connectivity index (χ1v) is 7.36. The average Bonchev–Trinajstić information content (AvgIpc) is 2.64. The van der Waals surface area contributed by atoms with Gasteiger partial charge in [0.25, 0.3) is 0 Å².